The summed E-state index contributed by atoms with van der Waals surface area (Å²) in [5, 5.41) is 0. The number of ketones is 1. The summed E-state index contributed by atoms with van der Waals surface area (Å²) in [6.07, 6.45) is 0.620. The summed E-state index contributed by atoms with van der Waals surface area (Å²) in [5.41, 5.74) is 0. The summed E-state index contributed by atoms with van der Waals surface area (Å²) in [4.78, 5) is 24.5. The van der Waals surface area contributed by atoms with Crippen LogP contribution < -0.4 is 0 Å². The largest absolute Gasteiger partial charge is 0.466 e. The molecule has 0 aromatic carbocycles. The van der Waals surface area contributed by atoms with Crippen molar-refractivity contribution in [2.45, 2.75) is 39.7 Å². The number of rotatable bonds is 10. The second-order valence-electron chi connectivity index (χ2n) is 4.50. The van der Waals surface area contributed by atoms with Crippen LogP contribution >= 0.6 is 0 Å². The van der Waals surface area contributed by atoms with Crippen molar-refractivity contribution < 1.29 is 19.1 Å². The number of hydrogen-bond acceptors (Lipinski definition) is 5. The summed E-state index contributed by atoms with van der Waals surface area (Å²) in [7, 11) is 1.87. The molecule has 106 valence electrons. The van der Waals surface area contributed by atoms with E-state index in [1.54, 1.807) is 6.92 Å². The maximum Gasteiger partial charge on any atom is 0.306 e. The first kappa shape index (κ1) is 17.1. The minimum atomic E-state index is -0.309. The third-order valence-corrected chi connectivity index (χ3v) is 2.28. The molecule has 0 unspecified atom stereocenters. The van der Waals surface area contributed by atoms with Crippen molar-refractivity contribution in [1.29, 1.82) is 0 Å². The topological polar surface area (TPSA) is 55.8 Å². The second-order valence-corrected chi connectivity index (χ2v) is 4.50. The van der Waals surface area contributed by atoms with Gasteiger partial charge in [0.15, 0.2) is 0 Å². The van der Waals surface area contributed by atoms with Crippen molar-refractivity contribution >= 4 is 11.8 Å². The first-order valence-corrected chi connectivity index (χ1v) is 6.43. The molecule has 0 radical (unpaired) electrons. The van der Waals surface area contributed by atoms with E-state index in [0.717, 1.165) is 0 Å². The van der Waals surface area contributed by atoms with Crippen LogP contribution in [0, 0.1) is 0 Å². The fourth-order valence-electron chi connectivity index (χ4n) is 1.38. The van der Waals surface area contributed by atoms with Gasteiger partial charge in [0.05, 0.1) is 32.3 Å². The van der Waals surface area contributed by atoms with E-state index in [4.69, 9.17) is 9.47 Å². The molecule has 0 bridgehead atoms. The molecule has 18 heavy (non-hydrogen) atoms. The van der Waals surface area contributed by atoms with Crippen molar-refractivity contribution in [2.75, 3.05) is 33.4 Å². The summed E-state index contributed by atoms with van der Waals surface area (Å²) in [5.74, 6) is -0.258. The molecule has 0 aliphatic carbocycles. The van der Waals surface area contributed by atoms with Crippen LogP contribution in [0.1, 0.15) is 33.6 Å². The van der Waals surface area contributed by atoms with Gasteiger partial charge in [-0.3, -0.25) is 14.5 Å². The minimum absolute atomic E-state index is 0.0510. The number of nitrogens with zero attached hydrogens (tertiary/aromatic N) is 1. The van der Waals surface area contributed by atoms with E-state index >= 15 is 0 Å². The van der Waals surface area contributed by atoms with Crippen LogP contribution in [-0.4, -0.2) is 56.1 Å². The van der Waals surface area contributed by atoms with E-state index in [-0.39, 0.29) is 30.7 Å². The average Bonchev–Trinajstić information content (AvgIpc) is 2.26. The quantitative estimate of drug-likeness (QED) is 0.553. The average molecular weight is 259 g/mol. The molecule has 5 heteroatoms. The Bertz CT molecular complexity index is 253. The van der Waals surface area contributed by atoms with Gasteiger partial charge in [-0.1, -0.05) is 0 Å². The van der Waals surface area contributed by atoms with Gasteiger partial charge >= 0.3 is 5.97 Å². The lowest BCUT2D eigenvalue weighted by molar-refractivity contribution is -0.144. The lowest BCUT2D eigenvalue weighted by atomic mass is 10.2. The van der Waals surface area contributed by atoms with Crippen molar-refractivity contribution in [3.8, 4) is 0 Å². The molecular weight excluding hydrogens is 234 g/mol. The van der Waals surface area contributed by atoms with Gasteiger partial charge < -0.3 is 9.47 Å². The Kier molecular flexibility index (Phi) is 9.50. The Morgan fingerprint density at radius 2 is 1.89 bits per heavy atom. The normalized spacial score (nSPS) is 11.0. The molecular formula is C13H25NO4. The maximum atomic E-state index is 11.6. The Morgan fingerprint density at radius 3 is 2.44 bits per heavy atom. The molecule has 0 amide bonds. The Balaban J connectivity index is 3.64. The zero-order chi connectivity index (χ0) is 14.0. The van der Waals surface area contributed by atoms with E-state index in [2.05, 4.69) is 0 Å². The van der Waals surface area contributed by atoms with Gasteiger partial charge in [0, 0.05) is 13.0 Å². The van der Waals surface area contributed by atoms with Gasteiger partial charge in [0.2, 0.25) is 0 Å². The maximum absolute atomic E-state index is 11.6. The summed E-state index contributed by atoms with van der Waals surface area (Å²) >= 11 is 0. The lowest BCUT2D eigenvalue weighted by Gasteiger charge is -2.16. The van der Waals surface area contributed by atoms with E-state index in [1.807, 2.05) is 25.8 Å². The Morgan fingerprint density at radius 1 is 1.22 bits per heavy atom. The monoisotopic (exact) mass is 259 g/mol. The van der Waals surface area contributed by atoms with E-state index in [1.165, 1.54) is 0 Å². The van der Waals surface area contributed by atoms with Crippen LogP contribution in [0.5, 0.6) is 0 Å². The third kappa shape index (κ3) is 10.2. The van der Waals surface area contributed by atoms with Crippen molar-refractivity contribution in [1.82, 2.24) is 4.90 Å². The zero-order valence-corrected chi connectivity index (χ0v) is 11.9. The van der Waals surface area contributed by atoms with Crippen LogP contribution in [0.2, 0.25) is 0 Å². The molecule has 0 atom stereocenters. The van der Waals surface area contributed by atoms with E-state index < -0.39 is 0 Å². The van der Waals surface area contributed by atoms with Crippen LogP contribution in [0.3, 0.4) is 0 Å². The minimum Gasteiger partial charge on any atom is -0.466 e. The summed E-state index contributed by atoms with van der Waals surface area (Å²) in [6.45, 7) is 7.74. The molecule has 0 aromatic heterocycles. The molecule has 0 aromatic rings. The molecule has 0 rings (SSSR count). The molecule has 0 spiro atoms. The first-order chi connectivity index (χ1) is 8.45. The van der Waals surface area contributed by atoms with Crippen molar-refractivity contribution in [3.05, 3.63) is 0 Å². The Hall–Kier alpha value is -0.940. The van der Waals surface area contributed by atoms with Gasteiger partial charge in [-0.15, -0.1) is 0 Å². The molecule has 0 fully saturated rings. The standard InChI is InChI=1S/C13H25NO4/c1-5-17-13(16)7-6-12(15)10-14(4)8-9-18-11(2)3/h11H,5-10H2,1-4H3. The number of esters is 1. The Labute approximate surface area is 109 Å². The molecule has 0 aliphatic rings. The number of hydrogen-bond donors (Lipinski definition) is 0. The van der Waals surface area contributed by atoms with Crippen molar-refractivity contribution in [3.63, 3.8) is 0 Å². The molecule has 5 nitrogen and oxygen atoms in total. The fraction of sp³-hybridized carbons (Fsp3) is 0.846. The highest BCUT2D eigenvalue weighted by atomic mass is 16.5. The van der Waals surface area contributed by atoms with Crippen LogP contribution in [0.4, 0.5) is 0 Å². The lowest BCUT2D eigenvalue weighted by Crippen LogP contribution is -2.30. The smallest absolute Gasteiger partial charge is 0.306 e. The molecule has 0 N–H and O–H groups in total. The van der Waals surface area contributed by atoms with Crippen LogP contribution in [0.25, 0.3) is 0 Å². The highest BCUT2D eigenvalue weighted by molar-refractivity contribution is 5.84. The fourth-order valence-corrected chi connectivity index (χ4v) is 1.38. The highest BCUT2D eigenvalue weighted by Crippen LogP contribution is 1.97. The van der Waals surface area contributed by atoms with Gasteiger partial charge in [-0.2, -0.15) is 0 Å². The van der Waals surface area contributed by atoms with Gasteiger partial charge in [0.25, 0.3) is 0 Å². The van der Waals surface area contributed by atoms with E-state index in [9.17, 15) is 9.59 Å². The van der Waals surface area contributed by atoms with E-state index in [0.29, 0.717) is 26.3 Å². The molecule has 0 saturated carbocycles. The number of likely N-dealkylation sites (N-methyl/N-ethyl adjacent to an activating group) is 1. The summed E-state index contributed by atoms with van der Waals surface area (Å²) in [6, 6.07) is 0. The van der Waals surface area contributed by atoms with Gasteiger partial charge in [-0.05, 0) is 27.8 Å². The number of carbonyl (C=O) groups is 2. The number of Topliss-reactive ketones (excluding diaryl/α,β-unsaturated/α-hetero) is 1. The zero-order valence-electron chi connectivity index (χ0n) is 11.9. The highest BCUT2D eigenvalue weighted by Gasteiger charge is 2.10. The van der Waals surface area contributed by atoms with Crippen molar-refractivity contribution in [2.24, 2.45) is 0 Å². The van der Waals surface area contributed by atoms with Crippen LogP contribution in [0.15, 0.2) is 0 Å². The molecule has 0 aliphatic heterocycles. The van der Waals surface area contributed by atoms with Crippen LogP contribution in [-0.2, 0) is 19.1 Å². The first-order valence-electron chi connectivity index (χ1n) is 6.43. The molecule has 0 saturated heterocycles. The third-order valence-electron chi connectivity index (χ3n) is 2.28. The predicted molar refractivity (Wildman–Crippen MR) is 69.5 cm³/mol. The second kappa shape index (κ2) is 10.0. The number of ether oxygens (including phenoxy) is 2. The SMILES string of the molecule is CCOC(=O)CCC(=O)CN(C)CCOC(C)C. The summed E-state index contributed by atoms with van der Waals surface area (Å²) < 4.78 is 10.2. The molecule has 0 heterocycles. The number of carbonyl (C=O) groups excluding carboxylic acids is 2. The predicted octanol–water partition coefficient (Wildman–Crippen LogP) is 1.26. The van der Waals surface area contributed by atoms with Gasteiger partial charge in [-0.25, -0.2) is 0 Å². The van der Waals surface area contributed by atoms with Gasteiger partial charge in [0.1, 0.15) is 5.78 Å².